The minimum atomic E-state index is -0.156. The third-order valence-corrected chi connectivity index (χ3v) is 6.95. The molecule has 0 saturated heterocycles. The normalized spacial score (nSPS) is 12.7. The van der Waals surface area contributed by atoms with Gasteiger partial charge in [-0.1, -0.05) is 96.8 Å². The second-order valence-corrected chi connectivity index (χ2v) is 9.15. The van der Waals surface area contributed by atoms with Gasteiger partial charge >= 0.3 is 0 Å². The van der Waals surface area contributed by atoms with Crippen molar-refractivity contribution < 1.29 is 33.5 Å². The average Bonchev–Trinajstić information content (AvgIpc) is 2.71. The van der Waals surface area contributed by atoms with Crippen molar-refractivity contribution in [3.8, 4) is 0 Å². The topological polar surface area (TPSA) is 88.3 Å². The summed E-state index contributed by atoms with van der Waals surface area (Å²) in [4.78, 5) is 0. The third-order valence-electron chi connectivity index (χ3n) is 6.95. The van der Waals surface area contributed by atoms with Gasteiger partial charge in [-0.25, -0.2) is 0 Å². The number of unbranched alkanes of at least 4 members (excludes halogenated alkanes) is 13. The van der Waals surface area contributed by atoms with Crippen LogP contribution in [0.15, 0.2) is 0 Å². The van der Waals surface area contributed by atoms with Crippen molar-refractivity contribution in [2.45, 2.75) is 122 Å². The first-order chi connectivity index (χ1) is 14.2. The minimum Gasteiger partial charge on any atom is -1.00 e. The van der Waals surface area contributed by atoms with Gasteiger partial charge in [-0.05, 0) is 31.1 Å². The van der Waals surface area contributed by atoms with Crippen molar-refractivity contribution in [1.29, 1.82) is 0 Å². The largest absolute Gasteiger partial charge is 1.00 e. The lowest BCUT2D eigenvalue weighted by Gasteiger charge is -2.39. The van der Waals surface area contributed by atoms with Crippen LogP contribution in [0.1, 0.15) is 122 Å². The lowest BCUT2D eigenvalue weighted by atomic mass is 9.67. The Balaban J connectivity index is 0. The maximum atomic E-state index is 9.51. The molecule has 1 atom stereocenters. The van der Waals surface area contributed by atoms with E-state index in [1.807, 2.05) is 0 Å². The third kappa shape index (κ3) is 15.9. The Morgan fingerprint density at radius 3 is 1.23 bits per heavy atom. The number of hydrogen-bond acceptors (Lipinski definition) is 3. The van der Waals surface area contributed by atoms with Gasteiger partial charge in [0, 0.05) is 25.7 Å². The van der Waals surface area contributed by atoms with Gasteiger partial charge < -0.3 is 33.5 Å². The summed E-state index contributed by atoms with van der Waals surface area (Å²) in [6, 6.07) is 0. The smallest absolute Gasteiger partial charge is 0.0773 e. The van der Waals surface area contributed by atoms with Crippen molar-refractivity contribution in [1.82, 2.24) is 0 Å². The van der Waals surface area contributed by atoms with E-state index in [-0.39, 0.29) is 37.6 Å². The fraction of sp³-hybridized carbons (Fsp3) is 1.00. The van der Waals surface area contributed by atoms with E-state index in [2.05, 4.69) is 12.7 Å². The van der Waals surface area contributed by atoms with Gasteiger partial charge in [0.15, 0.2) is 0 Å². The predicted molar refractivity (Wildman–Crippen MR) is 124 cm³/mol. The molecule has 30 heavy (non-hydrogen) atoms. The zero-order valence-corrected chi connectivity index (χ0v) is 20.8. The van der Waals surface area contributed by atoms with E-state index >= 15 is 0 Å². The molecular formula is C25H54ClNO3. The highest BCUT2D eigenvalue weighted by molar-refractivity contribution is 4.86. The SMILES string of the molecule is CCCCCCCCCCCCCCCCC(C[NH3+])C(CCO)(CCO)CCO.[Cl-]. The van der Waals surface area contributed by atoms with E-state index in [9.17, 15) is 15.3 Å². The molecule has 0 aliphatic rings. The van der Waals surface area contributed by atoms with Crippen LogP contribution in [0.2, 0.25) is 0 Å². The van der Waals surface area contributed by atoms with Crippen LogP contribution in [0.25, 0.3) is 0 Å². The van der Waals surface area contributed by atoms with Crippen LogP contribution in [0, 0.1) is 11.3 Å². The fourth-order valence-corrected chi connectivity index (χ4v) is 5.00. The zero-order valence-electron chi connectivity index (χ0n) is 20.1. The maximum absolute atomic E-state index is 9.51. The predicted octanol–water partition coefficient (Wildman–Crippen LogP) is 1.85. The molecule has 184 valence electrons. The van der Waals surface area contributed by atoms with Gasteiger partial charge in [0.1, 0.15) is 0 Å². The van der Waals surface area contributed by atoms with E-state index in [1.54, 1.807) is 0 Å². The number of hydrogen-bond donors (Lipinski definition) is 4. The Kier molecular flexibility index (Phi) is 25.6. The van der Waals surface area contributed by atoms with Crippen LogP contribution in [0.5, 0.6) is 0 Å². The maximum Gasteiger partial charge on any atom is 0.0773 e. The highest BCUT2D eigenvalue weighted by Gasteiger charge is 2.37. The molecule has 0 fully saturated rings. The number of rotatable bonds is 23. The van der Waals surface area contributed by atoms with Gasteiger partial charge in [-0.3, -0.25) is 0 Å². The second-order valence-electron chi connectivity index (χ2n) is 9.15. The zero-order chi connectivity index (χ0) is 21.6. The van der Waals surface area contributed by atoms with Crippen LogP contribution in [0.4, 0.5) is 0 Å². The molecule has 0 aromatic heterocycles. The van der Waals surface area contributed by atoms with Crippen LogP contribution in [0.3, 0.4) is 0 Å². The van der Waals surface area contributed by atoms with E-state index in [0.29, 0.717) is 25.2 Å². The molecule has 0 radical (unpaired) electrons. The summed E-state index contributed by atoms with van der Waals surface area (Å²) >= 11 is 0. The van der Waals surface area contributed by atoms with E-state index in [4.69, 9.17) is 0 Å². The first kappa shape index (κ1) is 32.3. The van der Waals surface area contributed by atoms with Crippen LogP contribution >= 0.6 is 0 Å². The van der Waals surface area contributed by atoms with Crippen LogP contribution < -0.4 is 18.1 Å². The lowest BCUT2D eigenvalue weighted by Crippen LogP contribution is -3.00. The average molecular weight is 452 g/mol. The number of aliphatic hydroxyl groups is 3. The molecule has 0 rings (SSSR count). The summed E-state index contributed by atoms with van der Waals surface area (Å²) in [5.41, 5.74) is 3.98. The molecule has 5 heteroatoms. The Bertz CT molecular complexity index is 314. The molecule has 0 aliphatic heterocycles. The summed E-state index contributed by atoms with van der Waals surface area (Å²) < 4.78 is 0. The molecule has 0 aliphatic carbocycles. The van der Waals surface area contributed by atoms with Crippen LogP contribution in [-0.4, -0.2) is 41.7 Å². The van der Waals surface area contributed by atoms with E-state index < -0.39 is 0 Å². The Morgan fingerprint density at radius 2 is 0.933 bits per heavy atom. The van der Waals surface area contributed by atoms with Crippen molar-refractivity contribution in [2.75, 3.05) is 26.4 Å². The Morgan fingerprint density at radius 1 is 0.600 bits per heavy atom. The van der Waals surface area contributed by atoms with Crippen molar-refractivity contribution in [2.24, 2.45) is 11.3 Å². The number of quaternary nitrogens is 1. The van der Waals surface area contributed by atoms with Gasteiger partial charge in [-0.15, -0.1) is 0 Å². The molecule has 0 spiro atoms. The van der Waals surface area contributed by atoms with Crippen molar-refractivity contribution in [3.63, 3.8) is 0 Å². The van der Waals surface area contributed by atoms with E-state index in [1.165, 1.54) is 89.9 Å². The fourth-order valence-electron chi connectivity index (χ4n) is 5.00. The van der Waals surface area contributed by atoms with Crippen molar-refractivity contribution in [3.05, 3.63) is 0 Å². The molecule has 0 amide bonds. The highest BCUT2D eigenvalue weighted by atomic mass is 35.5. The van der Waals surface area contributed by atoms with Gasteiger partial charge in [0.05, 0.1) is 6.54 Å². The number of aliphatic hydroxyl groups excluding tert-OH is 3. The van der Waals surface area contributed by atoms with Crippen LogP contribution in [-0.2, 0) is 0 Å². The summed E-state index contributed by atoms with van der Waals surface area (Å²) in [6.45, 7) is 3.45. The van der Waals surface area contributed by atoms with Gasteiger partial charge in [0.2, 0.25) is 0 Å². The number of halogens is 1. The molecule has 0 saturated carbocycles. The first-order valence-electron chi connectivity index (χ1n) is 12.8. The molecule has 1 unspecified atom stereocenters. The summed E-state index contributed by atoms with van der Waals surface area (Å²) in [5.74, 6) is 0.381. The second kappa shape index (κ2) is 23.8. The van der Waals surface area contributed by atoms with Crippen molar-refractivity contribution >= 4 is 0 Å². The summed E-state index contributed by atoms with van der Waals surface area (Å²) in [5, 5.41) is 28.5. The molecule has 4 nitrogen and oxygen atoms in total. The molecule has 0 aromatic carbocycles. The quantitative estimate of drug-likeness (QED) is 0.179. The Hall–Kier alpha value is 0.130. The molecule has 0 bridgehead atoms. The summed E-state index contributed by atoms with van der Waals surface area (Å²) in [6.07, 6.45) is 22.2. The highest BCUT2D eigenvalue weighted by Crippen LogP contribution is 2.40. The van der Waals surface area contributed by atoms with Gasteiger partial charge in [-0.2, -0.15) is 0 Å². The molecule has 6 N–H and O–H groups in total. The minimum absolute atomic E-state index is 0. The lowest BCUT2D eigenvalue weighted by molar-refractivity contribution is -0.387. The molecular weight excluding hydrogens is 398 g/mol. The summed E-state index contributed by atoms with van der Waals surface area (Å²) in [7, 11) is 0. The molecule has 0 heterocycles. The first-order valence-corrected chi connectivity index (χ1v) is 12.8. The standard InChI is InChI=1S/C25H53NO3.ClH/c1-2-3-4-5-6-7-8-9-10-11-12-13-14-15-16-24(23-26)25(17-20-27,18-21-28)19-22-29;/h24,27-29H,2-23,26H2,1H3;1H. The van der Waals surface area contributed by atoms with E-state index in [0.717, 1.165) is 13.0 Å². The Labute approximate surface area is 193 Å². The molecule has 0 aromatic rings. The monoisotopic (exact) mass is 451 g/mol. The van der Waals surface area contributed by atoms with Gasteiger partial charge in [0.25, 0.3) is 0 Å².